The van der Waals surface area contributed by atoms with Gasteiger partial charge in [-0.15, -0.1) is 0 Å². The Morgan fingerprint density at radius 2 is 1.95 bits per heavy atom. The van der Waals surface area contributed by atoms with Crippen molar-refractivity contribution in [3.8, 4) is 0 Å². The van der Waals surface area contributed by atoms with Crippen molar-refractivity contribution in [1.82, 2.24) is 0 Å². The van der Waals surface area contributed by atoms with Gasteiger partial charge in [-0.3, -0.25) is 0 Å². The van der Waals surface area contributed by atoms with Crippen molar-refractivity contribution in [1.29, 1.82) is 0 Å². The molecule has 3 heteroatoms. The number of hydrogen-bond acceptors (Lipinski definition) is 1. The van der Waals surface area contributed by atoms with Crippen LogP contribution in [0.1, 0.15) is 28.4 Å². The molecule has 0 spiro atoms. The van der Waals surface area contributed by atoms with Crippen molar-refractivity contribution in [2.45, 2.75) is 19.1 Å². The number of aryl methyl sites for hydroxylation is 1. The van der Waals surface area contributed by atoms with Crippen LogP contribution in [0.2, 0.25) is 0 Å². The Hall–Kier alpha value is -1.19. The Morgan fingerprint density at radius 1 is 1.16 bits per heavy atom. The van der Waals surface area contributed by atoms with Crippen LogP contribution in [0.3, 0.4) is 0 Å². The molecule has 0 saturated heterocycles. The number of halogens is 2. The highest BCUT2D eigenvalue weighted by molar-refractivity contribution is 9.09. The van der Waals surface area contributed by atoms with E-state index >= 15 is 0 Å². The number of benzene rings is 2. The summed E-state index contributed by atoms with van der Waals surface area (Å²) < 4.78 is 18.8. The largest absolute Gasteiger partial charge is 0.364 e. The lowest BCUT2D eigenvalue weighted by Gasteiger charge is -2.11. The summed E-state index contributed by atoms with van der Waals surface area (Å²) in [7, 11) is 0. The zero-order valence-corrected chi connectivity index (χ0v) is 12.0. The molecule has 0 bridgehead atoms. The number of fused-ring (bicyclic) bond motifs is 1. The van der Waals surface area contributed by atoms with Crippen LogP contribution in [-0.4, -0.2) is 5.33 Å². The van der Waals surface area contributed by atoms with Gasteiger partial charge in [-0.25, -0.2) is 4.39 Å². The van der Waals surface area contributed by atoms with Crippen LogP contribution in [0.25, 0.3) is 0 Å². The van der Waals surface area contributed by atoms with E-state index in [0.29, 0.717) is 6.61 Å². The highest BCUT2D eigenvalue weighted by Gasteiger charge is 2.24. The van der Waals surface area contributed by atoms with Crippen LogP contribution < -0.4 is 0 Å². The Balaban J connectivity index is 1.91. The lowest BCUT2D eigenvalue weighted by molar-refractivity contribution is 0.0939. The highest BCUT2D eigenvalue weighted by Crippen LogP contribution is 2.36. The number of rotatable bonds is 3. The predicted molar refractivity (Wildman–Crippen MR) is 77.0 cm³/mol. The molecule has 1 aliphatic rings. The first-order valence-corrected chi connectivity index (χ1v) is 7.45. The molecular formula is C16H14BrFO. The molecule has 3 rings (SSSR count). The first kappa shape index (κ1) is 12.8. The van der Waals surface area contributed by atoms with Gasteiger partial charge in [0.2, 0.25) is 0 Å². The van der Waals surface area contributed by atoms with Gasteiger partial charge >= 0.3 is 0 Å². The second-order valence-corrected chi connectivity index (χ2v) is 5.51. The summed E-state index contributed by atoms with van der Waals surface area (Å²) >= 11 is 3.46. The van der Waals surface area contributed by atoms with Crippen molar-refractivity contribution < 1.29 is 9.13 Å². The van der Waals surface area contributed by atoms with Crippen LogP contribution in [0.15, 0.2) is 42.5 Å². The van der Waals surface area contributed by atoms with Crippen LogP contribution in [0.5, 0.6) is 0 Å². The molecule has 1 unspecified atom stereocenters. The van der Waals surface area contributed by atoms with E-state index in [9.17, 15) is 4.39 Å². The van der Waals surface area contributed by atoms with Crippen molar-refractivity contribution in [3.05, 3.63) is 70.5 Å². The zero-order chi connectivity index (χ0) is 13.2. The number of ether oxygens (including phenoxy) is 1. The third kappa shape index (κ3) is 2.58. The van der Waals surface area contributed by atoms with E-state index in [0.717, 1.165) is 17.3 Å². The van der Waals surface area contributed by atoms with E-state index in [4.69, 9.17) is 4.74 Å². The van der Waals surface area contributed by atoms with Gasteiger partial charge < -0.3 is 4.74 Å². The molecule has 1 nitrogen and oxygen atoms in total. The van der Waals surface area contributed by atoms with Gasteiger partial charge in [0, 0.05) is 5.33 Å². The summed E-state index contributed by atoms with van der Waals surface area (Å²) in [6.45, 7) is 0.632. The summed E-state index contributed by atoms with van der Waals surface area (Å²) in [5.41, 5.74) is 4.77. The molecule has 2 aromatic carbocycles. The van der Waals surface area contributed by atoms with Crippen LogP contribution in [-0.2, 0) is 17.8 Å². The van der Waals surface area contributed by atoms with Gasteiger partial charge in [-0.1, -0.05) is 46.3 Å². The van der Waals surface area contributed by atoms with Crippen LogP contribution in [0, 0.1) is 5.82 Å². The van der Waals surface area contributed by atoms with Gasteiger partial charge in [0.15, 0.2) is 0 Å². The molecule has 1 heterocycles. The standard InChI is InChI=1S/C16H14BrFO/c17-8-7-11-1-6-15-13(9-11)10-19-16(15)12-2-4-14(18)5-3-12/h1-6,9,16H,7-8,10H2. The summed E-state index contributed by atoms with van der Waals surface area (Å²) in [4.78, 5) is 0. The van der Waals surface area contributed by atoms with Gasteiger partial charge in [-0.2, -0.15) is 0 Å². The van der Waals surface area contributed by atoms with E-state index in [2.05, 4.69) is 34.1 Å². The molecule has 1 aliphatic heterocycles. The maximum Gasteiger partial charge on any atom is 0.123 e. The summed E-state index contributed by atoms with van der Waals surface area (Å²) in [6, 6.07) is 13.0. The fraction of sp³-hybridized carbons (Fsp3) is 0.250. The van der Waals surface area contributed by atoms with Crippen LogP contribution >= 0.6 is 15.9 Å². The van der Waals surface area contributed by atoms with Crippen molar-refractivity contribution in [2.24, 2.45) is 0 Å². The number of alkyl halides is 1. The normalized spacial score (nSPS) is 17.5. The Morgan fingerprint density at radius 3 is 2.68 bits per heavy atom. The summed E-state index contributed by atoms with van der Waals surface area (Å²) in [5, 5.41) is 0.966. The molecule has 1 atom stereocenters. The third-order valence-electron chi connectivity index (χ3n) is 3.45. The fourth-order valence-electron chi connectivity index (χ4n) is 2.48. The molecule has 0 radical (unpaired) electrons. The van der Waals surface area contributed by atoms with Gasteiger partial charge in [0.05, 0.1) is 6.61 Å². The predicted octanol–water partition coefficient (Wildman–Crippen LogP) is 4.38. The molecule has 0 saturated carbocycles. The molecule has 0 amide bonds. The van der Waals surface area contributed by atoms with E-state index in [1.807, 2.05) is 0 Å². The quantitative estimate of drug-likeness (QED) is 0.762. The Kier molecular flexibility index (Phi) is 3.67. The maximum absolute atomic E-state index is 13.0. The van der Waals surface area contributed by atoms with E-state index in [1.165, 1.54) is 28.8 Å². The van der Waals surface area contributed by atoms with Gasteiger partial charge in [-0.05, 0) is 40.8 Å². The second-order valence-electron chi connectivity index (χ2n) is 4.71. The average Bonchev–Trinajstić information content (AvgIpc) is 2.83. The average molecular weight is 321 g/mol. The minimum atomic E-state index is -0.213. The third-order valence-corrected chi connectivity index (χ3v) is 3.85. The molecule has 0 aliphatic carbocycles. The molecule has 0 aromatic heterocycles. The fourth-order valence-corrected chi connectivity index (χ4v) is 2.94. The van der Waals surface area contributed by atoms with E-state index in [1.54, 1.807) is 12.1 Å². The van der Waals surface area contributed by atoms with Crippen molar-refractivity contribution in [2.75, 3.05) is 5.33 Å². The minimum Gasteiger partial charge on any atom is -0.364 e. The van der Waals surface area contributed by atoms with Gasteiger partial charge in [0.1, 0.15) is 11.9 Å². The van der Waals surface area contributed by atoms with E-state index < -0.39 is 0 Å². The minimum absolute atomic E-state index is 0.0615. The Labute approximate surface area is 120 Å². The lowest BCUT2D eigenvalue weighted by atomic mass is 9.97. The highest BCUT2D eigenvalue weighted by atomic mass is 79.9. The maximum atomic E-state index is 13.0. The van der Waals surface area contributed by atoms with E-state index in [-0.39, 0.29) is 11.9 Å². The molecule has 98 valence electrons. The molecule has 19 heavy (non-hydrogen) atoms. The van der Waals surface area contributed by atoms with Crippen molar-refractivity contribution >= 4 is 15.9 Å². The number of hydrogen-bond donors (Lipinski definition) is 0. The van der Waals surface area contributed by atoms with Gasteiger partial charge in [0.25, 0.3) is 0 Å². The molecular weight excluding hydrogens is 307 g/mol. The summed E-state index contributed by atoms with van der Waals surface area (Å²) in [5.74, 6) is -0.213. The first-order valence-electron chi connectivity index (χ1n) is 6.32. The first-order chi connectivity index (χ1) is 9.28. The SMILES string of the molecule is Fc1ccc(C2OCc3cc(CCBr)ccc32)cc1. The van der Waals surface area contributed by atoms with Crippen LogP contribution in [0.4, 0.5) is 4.39 Å². The smallest absolute Gasteiger partial charge is 0.123 e. The van der Waals surface area contributed by atoms with Crippen molar-refractivity contribution in [3.63, 3.8) is 0 Å². The monoisotopic (exact) mass is 320 g/mol. The topological polar surface area (TPSA) is 9.23 Å². The zero-order valence-electron chi connectivity index (χ0n) is 10.4. The molecule has 0 fully saturated rings. The molecule has 2 aromatic rings. The second kappa shape index (κ2) is 5.43. The summed E-state index contributed by atoms with van der Waals surface area (Å²) in [6.07, 6.45) is 0.961. The molecule has 0 N–H and O–H groups in total. The Bertz CT molecular complexity index is 580. The lowest BCUT2D eigenvalue weighted by Crippen LogP contribution is -1.98.